The molecule has 0 aromatic heterocycles. The van der Waals surface area contributed by atoms with Gasteiger partial charge in [0.2, 0.25) is 0 Å². The topological polar surface area (TPSA) is 121 Å². The molecule has 7 nitrogen and oxygen atoms in total. The lowest BCUT2D eigenvalue weighted by Crippen LogP contribution is -2.49. The third-order valence-corrected chi connectivity index (χ3v) is 2.89. The van der Waals surface area contributed by atoms with Crippen LogP contribution in [0, 0.1) is 0 Å². The van der Waals surface area contributed by atoms with Crippen molar-refractivity contribution < 1.29 is 22.9 Å². The number of hydrogen-bond donors (Lipinski definition) is 3. The molecule has 0 unspecified atom stereocenters. The van der Waals surface area contributed by atoms with E-state index in [1.165, 1.54) is 11.8 Å². The quantitative estimate of drug-likeness (QED) is 0.317. The molecule has 0 aliphatic heterocycles. The third-order valence-electron chi connectivity index (χ3n) is 1.45. The highest BCUT2D eigenvalue weighted by Gasteiger charge is 2.30. The average Bonchev–Trinajstić information content (AvgIpc) is 2.02. The van der Waals surface area contributed by atoms with Gasteiger partial charge in [-0.15, -0.1) is 4.41 Å². The van der Waals surface area contributed by atoms with Crippen LogP contribution in [0.3, 0.4) is 0 Å². The van der Waals surface area contributed by atoms with Crippen molar-refractivity contribution in [3.8, 4) is 0 Å². The van der Waals surface area contributed by atoms with Crippen molar-refractivity contribution in [2.75, 3.05) is 12.0 Å². The van der Waals surface area contributed by atoms with E-state index < -0.39 is 22.3 Å². The summed E-state index contributed by atoms with van der Waals surface area (Å²) in [5, 5.41) is 8.63. The highest BCUT2D eigenvalue weighted by Crippen LogP contribution is 2.08. The van der Waals surface area contributed by atoms with Crippen molar-refractivity contribution in [2.45, 2.75) is 12.5 Å². The van der Waals surface area contributed by atoms with E-state index in [1.54, 1.807) is 6.26 Å². The van der Waals surface area contributed by atoms with Gasteiger partial charge in [0.1, 0.15) is 6.04 Å². The zero-order valence-electron chi connectivity index (χ0n) is 7.45. The van der Waals surface area contributed by atoms with E-state index in [0.29, 0.717) is 5.75 Å². The normalized spacial score (nSPS) is 14.3. The van der Waals surface area contributed by atoms with Crippen LogP contribution in [0.15, 0.2) is 0 Å². The highest BCUT2D eigenvalue weighted by atomic mass is 32.2. The van der Waals surface area contributed by atoms with Gasteiger partial charge in [-0.1, -0.05) is 0 Å². The number of carboxylic acid groups (broad SMARTS) is 1. The van der Waals surface area contributed by atoms with Gasteiger partial charge in [-0.2, -0.15) is 20.2 Å². The Hall–Kier alpha value is -0.350. The van der Waals surface area contributed by atoms with Crippen LogP contribution >= 0.6 is 11.8 Å². The molecule has 0 amide bonds. The Labute approximate surface area is 86.1 Å². The zero-order valence-corrected chi connectivity index (χ0v) is 9.08. The molecule has 0 aromatic rings. The van der Waals surface area contributed by atoms with Gasteiger partial charge in [0.05, 0.1) is 0 Å². The third kappa shape index (κ3) is 4.24. The number of carbonyl (C=O) groups is 1. The van der Waals surface area contributed by atoms with E-state index in [2.05, 4.69) is 0 Å². The number of aliphatic carboxylic acids is 1. The molecule has 0 saturated carbocycles. The van der Waals surface area contributed by atoms with E-state index in [0.717, 1.165) is 0 Å². The minimum Gasteiger partial charge on any atom is -0.480 e. The highest BCUT2D eigenvalue weighted by molar-refractivity contribution is 7.98. The Bertz CT molecular complexity index is 290. The molecular formula is C5H12N2O5S2. The van der Waals surface area contributed by atoms with Crippen molar-refractivity contribution in [3.05, 3.63) is 0 Å². The minimum absolute atomic E-state index is 0.0345. The van der Waals surface area contributed by atoms with E-state index in [9.17, 15) is 13.2 Å². The predicted octanol–water partition coefficient (Wildman–Crippen LogP) is -0.829. The molecule has 0 aliphatic rings. The van der Waals surface area contributed by atoms with Crippen LogP contribution in [0.5, 0.6) is 0 Å². The molecule has 0 aromatic carbocycles. The molecule has 4 N–H and O–H groups in total. The number of thioether (sulfide) groups is 1. The van der Waals surface area contributed by atoms with Crippen LogP contribution in [0.25, 0.3) is 0 Å². The summed E-state index contributed by atoms with van der Waals surface area (Å²) in [5.74, 6) is 3.98. The summed E-state index contributed by atoms with van der Waals surface area (Å²) in [6.45, 7) is 0. The molecule has 84 valence electrons. The van der Waals surface area contributed by atoms with Gasteiger partial charge in [-0.05, 0) is 18.4 Å². The molecule has 0 heterocycles. The Balaban J connectivity index is 4.58. The van der Waals surface area contributed by atoms with Crippen LogP contribution in [-0.2, 0) is 15.1 Å². The molecule has 1 atom stereocenters. The van der Waals surface area contributed by atoms with Gasteiger partial charge in [0.25, 0.3) is 0 Å². The second-order valence-electron chi connectivity index (χ2n) is 2.44. The lowest BCUT2D eigenvalue weighted by molar-refractivity contribution is -0.141. The fourth-order valence-electron chi connectivity index (χ4n) is 0.750. The molecule has 0 aliphatic carbocycles. The van der Waals surface area contributed by atoms with E-state index >= 15 is 0 Å². The number of rotatable bonds is 6. The molecule has 0 fully saturated rings. The maximum atomic E-state index is 10.6. The molecule has 14 heavy (non-hydrogen) atoms. The number of nitrogens with two attached hydrogens (primary N) is 1. The van der Waals surface area contributed by atoms with Gasteiger partial charge in [-0.3, -0.25) is 15.2 Å². The Morgan fingerprint density at radius 2 is 2.14 bits per heavy atom. The number of hydrogen-bond acceptors (Lipinski definition) is 5. The predicted molar refractivity (Wildman–Crippen MR) is 52.0 cm³/mol. The Morgan fingerprint density at radius 3 is 2.43 bits per heavy atom. The summed E-state index contributed by atoms with van der Waals surface area (Å²) < 4.78 is 29.5. The summed E-state index contributed by atoms with van der Waals surface area (Å²) in [6.07, 6.45) is 1.78. The summed E-state index contributed by atoms with van der Waals surface area (Å²) >= 11 is 1.35. The standard InChI is InChI=1S/C5H12N2O5S2/c1-13-3-2-4(5(8)9)7(6)14(10,11)12/h4H,2-3,6H2,1H3,(H,8,9)(H,10,11,12)/t4-/m0/s1. The lowest BCUT2D eigenvalue weighted by atomic mass is 10.2. The SMILES string of the molecule is CSCC[C@@H](C(=O)O)N(N)S(=O)(=O)O. The lowest BCUT2D eigenvalue weighted by Gasteiger charge is -2.19. The summed E-state index contributed by atoms with van der Waals surface area (Å²) in [5.41, 5.74) is 0. The fourth-order valence-corrected chi connectivity index (χ4v) is 1.73. The van der Waals surface area contributed by atoms with Gasteiger partial charge in [0.15, 0.2) is 0 Å². The van der Waals surface area contributed by atoms with Crippen molar-refractivity contribution >= 4 is 28.0 Å². The molecule has 0 radical (unpaired) electrons. The molecule has 0 rings (SSSR count). The van der Waals surface area contributed by atoms with Crippen molar-refractivity contribution in [3.63, 3.8) is 0 Å². The maximum Gasteiger partial charge on any atom is 0.349 e. The molecule has 9 heteroatoms. The number of nitrogens with zero attached hydrogens (tertiary/aromatic N) is 1. The first-order valence-electron chi connectivity index (χ1n) is 3.54. The van der Waals surface area contributed by atoms with E-state index in [1.807, 2.05) is 0 Å². The number of hydrazine groups is 1. The van der Waals surface area contributed by atoms with Crippen molar-refractivity contribution in [1.29, 1.82) is 0 Å². The zero-order chi connectivity index (χ0) is 11.4. The van der Waals surface area contributed by atoms with Crippen LogP contribution < -0.4 is 5.84 Å². The minimum atomic E-state index is -4.66. The van der Waals surface area contributed by atoms with Crippen molar-refractivity contribution in [2.24, 2.45) is 5.84 Å². The first kappa shape index (κ1) is 13.7. The molecule has 0 bridgehead atoms. The van der Waals surface area contributed by atoms with Crippen LogP contribution in [0.2, 0.25) is 0 Å². The Kier molecular flexibility index (Phi) is 5.37. The summed E-state index contributed by atoms with van der Waals surface area (Å²) in [7, 11) is -4.66. The first-order chi connectivity index (χ1) is 6.30. The summed E-state index contributed by atoms with van der Waals surface area (Å²) in [6, 6.07) is -1.43. The molecule has 0 saturated heterocycles. The van der Waals surface area contributed by atoms with E-state index in [4.69, 9.17) is 15.5 Å². The van der Waals surface area contributed by atoms with Crippen molar-refractivity contribution in [1.82, 2.24) is 4.41 Å². The van der Waals surface area contributed by atoms with Crippen LogP contribution in [-0.4, -0.2) is 46.5 Å². The van der Waals surface area contributed by atoms with E-state index in [-0.39, 0.29) is 10.8 Å². The van der Waals surface area contributed by atoms with Gasteiger partial charge in [-0.25, -0.2) is 0 Å². The Morgan fingerprint density at radius 1 is 1.64 bits per heavy atom. The van der Waals surface area contributed by atoms with Gasteiger partial charge < -0.3 is 5.11 Å². The van der Waals surface area contributed by atoms with Gasteiger partial charge >= 0.3 is 16.3 Å². The smallest absolute Gasteiger partial charge is 0.349 e. The van der Waals surface area contributed by atoms with Gasteiger partial charge in [0, 0.05) is 0 Å². The summed E-state index contributed by atoms with van der Waals surface area (Å²) in [4.78, 5) is 10.6. The number of carboxylic acids is 1. The first-order valence-corrected chi connectivity index (χ1v) is 6.33. The molecule has 0 spiro atoms. The second-order valence-corrected chi connectivity index (χ2v) is 4.75. The maximum absolute atomic E-state index is 10.6. The fraction of sp³-hybridized carbons (Fsp3) is 0.800. The van der Waals surface area contributed by atoms with Crippen LogP contribution in [0.1, 0.15) is 6.42 Å². The van der Waals surface area contributed by atoms with Crippen LogP contribution in [0.4, 0.5) is 0 Å². The second kappa shape index (κ2) is 5.51. The molecular weight excluding hydrogens is 232 g/mol. The monoisotopic (exact) mass is 244 g/mol. The largest absolute Gasteiger partial charge is 0.480 e. The average molecular weight is 244 g/mol.